The molecule has 0 aromatic heterocycles. The molecule has 2 heteroatoms. The molecule has 0 amide bonds. The molecule has 0 rings (SSSR count). The van der Waals surface area contributed by atoms with Crippen LogP contribution in [0.15, 0.2) is 16.0 Å². The fourth-order valence-electron chi connectivity index (χ4n) is 0.595. The van der Waals surface area contributed by atoms with Gasteiger partial charge in [0, 0.05) is 6.54 Å². The van der Waals surface area contributed by atoms with Gasteiger partial charge in [-0.15, -0.1) is 0 Å². The van der Waals surface area contributed by atoms with Crippen LogP contribution in [0.4, 0.5) is 0 Å². The van der Waals surface area contributed by atoms with Crippen molar-refractivity contribution >= 4 is 17.3 Å². The van der Waals surface area contributed by atoms with Crippen LogP contribution in [0.1, 0.15) is 34.1 Å². The Morgan fingerprint density at radius 2 is 2.08 bits per heavy atom. The zero-order valence-corrected chi connectivity index (χ0v) is 9.32. The molecule has 0 spiro atoms. The zero-order valence-electron chi connectivity index (χ0n) is 8.50. The summed E-state index contributed by atoms with van der Waals surface area (Å²) in [5.74, 6) is 0.760. The summed E-state index contributed by atoms with van der Waals surface area (Å²) >= 11 is 1.66. The van der Waals surface area contributed by atoms with E-state index in [4.69, 9.17) is 0 Å². The van der Waals surface area contributed by atoms with Crippen molar-refractivity contribution in [3.63, 3.8) is 0 Å². The Balaban J connectivity index is 3.32. The molecule has 0 saturated heterocycles. The lowest BCUT2D eigenvalue weighted by atomic mass is 10.1. The van der Waals surface area contributed by atoms with Gasteiger partial charge in [-0.25, -0.2) is 0 Å². The topological polar surface area (TPSA) is 12.4 Å². The number of hydrogen-bond acceptors (Lipinski definition) is 2. The third kappa shape index (κ3) is 9.76. The van der Waals surface area contributed by atoms with Crippen LogP contribution in [0.3, 0.4) is 0 Å². The lowest BCUT2D eigenvalue weighted by molar-refractivity contribution is 0.598. The van der Waals surface area contributed by atoms with Gasteiger partial charge in [-0.05, 0) is 31.6 Å². The maximum atomic E-state index is 4.28. The Morgan fingerprint density at radius 3 is 2.58 bits per heavy atom. The minimum Gasteiger partial charge on any atom is -0.286 e. The fourth-order valence-corrected chi connectivity index (χ4v) is 1.12. The minimum absolute atomic E-state index is 0.760. The van der Waals surface area contributed by atoms with Gasteiger partial charge in [0.2, 0.25) is 0 Å². The second kappa shape index (κ2) is 7.41. The third-order valence-corrected chi connectivity index (χ3v) is 2.15. The second-order valence-electron chi connectivity index (χ2n) is 3.53. The molecule has 70 valence electrons. The maximum Gasteiger partial charge on any atom is 0.0583 e. The first-order chi connectivity index (χ1) is 5.63. The van der Waals surface area contributed by atoms with Crippen LogP contribution >= 0.6 is 11.8 Å². The minimum atomic E-state index is 0.760. The summed E-state index contributed by atoms with van der Waals surface area (Å²) in [7, 11) is 0. The zero-order chi connectivity index (χ0) is 9.40. The maximum absolute atomic E-state index is 4.28. The predicted octanol–water partition coefficient (Wildman–Crippen LogP) is 3.72. The van der Waals surface area contributed by atoms with E-state index in [1.165, 1.54) is 12.0 Å². The molecule has 0 unspecified atom stereocenters. The summed E-state index contributed by atoms with van der Waals surface area (Å²) in [5.41, 5.74) is 3.25. The van der Waals surface area contributed by atoms with Gasteiger partial charge in [0.15, 0.2) is 0 Å². The van der Waals surface area contributed by atoms with E-state index in [1.807, 2.05) is 5.55 Å². The molecule has 0 radical (unpaired) electrons. The lowest BCUT2D eigenvalue weighted by Gasteiger charge is -1.98. The monoisotopic (exact) mass is 185 g/mol. The molecule has 0 saturated carbocycles. The number of allylic oxidation sites excluding steroid dienone is 1. The first kappa shape index (κ1) is 11.8. The lowest BCUT2D eigenvalue weighted by Crippen LogP contribution is -1.89. The van der Waals surface area contributed by atoms with Crippen molar-refractivity contribution in [2.75, 3.05) is 6.54 Å². The predicted molar refractivity (Wildman–Crippen MR) is 59.8 cm³/mol. The standard InChI is InChI=1S/C10H19NS/c1-9(2)5-6-11-8-12-7-10(3)4/h7-9H,5-6H2,1-4H3/b11-8-. The smallest absolute Gasteiger partial charge is 0.0583 e. The van der Waals surface area contributed by atoms with Gasteiger partial charge >= 0.3 is 0 Å². The first-order valence-corrected chi connectivity index (χ1v) is 5.34. The Kier molecular flexibility index (Phi) is 7.26. The molecule has 0 aromatic carbocycles. The Hall–Kier alpha value is -0.240. The van der Waals surface area contributed by atoms with E-state index in [0.29, 0.717) is 0 Å². The summed E-state index contributed by atoms with van der Waals surface area (Å²) in [6, 6.07) is 0. The molecule has 0 aliphatic rings. The highest BCUT2D eigenvalue weighted by Gasteiger charge is 1.89. The van der Waals surface area contributed by atoms with Crippen molar-refractivity contribution in [1.82, 2.24) is 0 Å². The van der Waals surface area contributed by atoms with E-state index in [9.17, 15) is 0 Å². The number of aliphatic imine (C=N–C) groups is 1. The molecule has 0 aliphatic carbocycles. The van der Waals surface area contributed by atoms with Crippen LogP contribution in [0.25, 0.3) is 0 Å². The second-order valence-corrected chi connectivity index (χ2v) is 4.24. The quantitative estimate of drug-likeness (QED) is 0.470. The molecular weight excluding hydrogens is 166 g/mol. The van der Waals surface area contributed by atoms with Gasteiger partial charge in [-0.3, -0.25) is 4.99 Å². The van der Waals surface area contributed by atoms with Gasteiger partial charge in [0.05, 0.1) is 5.55 Å². The van der Waals surface area contributed by atoms with Crippen molar-refractivity contribution in [2.24, 2.45) is 10.9 Å². The van der Waals surface area contributed by atoms with Gasteiger partial charge in [-0.2, -0.15) is 0 Å². The molecule has 0 aliphatic heterocycles. The van der Waals surface area contributed by atoms with E-state index < -0.39 is 0 Å². The van der Waals surface area contributed by atoms with Crippen molar-refractivity contribution in [1.29, 1.82) is 0 Å². The molecular formula is C10H19NS. The van der Waals surface area contributed by atoms with Crippen molar-refractivity contribution in [2.45, 2.75) is 34.1 Å². The molecule has 0 fully saturated rings. The van der Waals surface area contributed by atoms with E-state index in [0.717, 1.165) is 12.5 Å². The number of nitrogens with zero attached hydrogens (tertiary/aromatic N) is 1. The third-order valence-electron chi connectivity index (χ3n) is 1.27. The Labute approximate surface area is 80.4 Å². The van der Waals surface area contributed by atoms with Gasteiger partial charge < -0.3 is 0 Å². The van der Waals surface area contributed by atoms with E-state index in [1.54, 1.807) is 11.8 Å². The van der Waals surface area contributed by atoms with Gasteiger partial charge in [-0.1, -0.05) is 31.2 Å². The summed E-state index contributed by atoms with van der Waals surface area (Å²) in [6.45, 7) is 9.59. The van der Waals surface area contributed by atoms with Crippen molar-refractivity contribution in [3.05, 3.63) is 11.0 Å². The Bertz CT molecular complexity index is 155. The number of rotatable bonds is 5. The molecule has 0 heterocycles. The fraction of sp³-hybridized carbons (Fsp3) is 0.700. The van der Waals surface area contributed by atoms with E-state index >= 15 is 0 Å². The normalized spacial score (nSPS) is 11.1. The summed E-state index contributed by atoms with van der Waals surface area (Å²) < 4.78 is 0. The van der Waals surface area contributed by atoms with E-state index in [-0.39, 0.29) is 0 Å². The van der Waals surface area contributed by atoms with E-state index in [2.05, 4.69) is 38.1 Å². The summed E-state index contributed by atoms with van der Waals surface area (Å²) in [4.78, 5) is 4.28. The van der Waals surface area contributed by atoms with Crippen LogP contribution < -0.4 is 0 Å². The SMILES string of the molecule is CC(C)=CS/C=N\CCC(C)C. The molecule has 1 nitrogen and oxygen atoms in total. The molecule has 0 aromatic rings. The first-order valence-electron chi connectivity index (χ1n) is 4.40. The van der Waals surface area contributed by atoms with Crippen LogP contribution in [0.5, 0.6) is 0 Å². The highest BCUT2D eigenvalue weighted by atomic mass is 32.2. The highest BCUT2D eigenvalue weighted by molar-refractivity contribution is 8.14. The number of hydrogen-bond donors (Lipinski definition) is 0. The van der Waals surface area contributed by atoms with Crippen LogP contribution in [-0.4, -0.2) is 12.1 Å². The average molecular weight is 185 g/mol. The number of thioether (sulfide) groups is 1. The van der Waals surface area contributed by atoms with Crippen molar-refractivity contribution in [3.8, 4) is 0 Å². The summed E-state index contributed by atoms with van der Waals surface area (Å²) in [5, 5.41) is 2.11. The molecule has 0 bridgehead atoms. The van der Waals surface area contributed by atoms with Gasteiger partial charge in [0.1, 0.15) is 0 Å². The van der Waals surface area contributed by atoms with Crippen molar-refractivity contribution < 1.29 is 0 Å². The molecule has 12 heavy (non-hydrogen) atoms. The Morgan fingerprint density at radius 1 is 1.42 bits per heavy atom. The average Bonchev–Trinajstić information content (AvgIpc) is 1.95. The summed E-state index contributed by atoms with van der Waals surface area (Å²) in [6.07, 6.45) is 1.19. The van der Waals surface area contributed by atoms with Crippen LogP contribution in [0, 0.1) is 5.92 Å². The van der Waals surface area contributed by atoms with Crippen LogP contribution in [0.2, 0.25) is 0 Å². The largest absolute Gasteiger partial charge is 0.286 e. The van der Waals surface area contributed by atoms with Gasteiger partial charge in [0.25, 0.3) is 0 Å². The van der Waals surface area contributed by atoms with Crippen LogP contribution in [-0.2, 0) is 0 Å². The molecule has 0 atom stereocenters. The highest BCUT2D eigenvalue weighted by Crippen LogP contribution is 2.03. The molecule has 0 N–H and O–H groups in total.